The molecule has 0 unspecified atom stereocenters. The van der Waals surface area contributed by atoms with E-state index in [9.17, 15) is 14.9 Å². The van der Waals surface area contributed by atoms with Gasteiger partial charge in [0.25, 0.3) is 0 Å². The van der Waals surface area contributed by atoms with Gasteiger partial charge in [-0.25, -0.2) is 0 Å². The summed E-state index contributed by atoms with van der Waals surface area (Å²) in [6.07, 6.45) is 2.46. The minimum atomic E-state index is -0.159. The molecule has 0 aliphatic rings. The lowest BCUT2D eigenvalue weighted by atomic mass is 10.1. The monoisotopic (exact) mass is 291 g/mol. The zero-order chi connectivity index (χ0) is 15.7. The SMILES string of the molecule is Cc1c(C=O)ccc2c1cc(C#N)n2Cc1ccc(=O)[nH]c1. The zero-order valence-corrected chi connectivity index (χ0v) is 12.0. The number of H-pyrrole nitrogens is 1. The molecule has 0 aliphatic carbocycles. The van der Waals surface area contributed by atoms with Crippen LogP contribution >= 0.6 is 0 Å². The summed E-state index contributed by atoms with van der Waals surface area (Å²) < 4.78 is 1.88. The second kappa shape index (κ2) is 5.34. The standard InChI is InChI=1S/C17H13N3O2/c1-11-13(10-21)3-4-16-15(11)6-14(7-18)20(16)9-12-2-5-17(22)19-8-12/h2-6,8,10H,9H2,1H3,(H,19,22). The van der Waals surface area contributed by atoms with Crippen molar-refractivity contribution in [2.75, 3.05) is 0 Å². The largest absolute Gasteiger partial charge is 0.329 e. The van der Waals surface area contributed by atoms with E-state index in [1.54, 1.807) is 24.4 Å². The van der Waals surface area contributed by atoms with Crippen molar-refractivity contribution in [1.82, 2.24) is 9.55 Å². The van der Waals surface area contributed by atoms with Crippen LogP contribution < -0.4 is 5.56 Å². The first kappa shape index (κ1) is 13.8. The second-order valence-corrected chi connectivity index (χ2v) is 5.12. The van der Waals surface area contributed by atoms with Crippen LogP contribution in [0.5, 0.6) is 0 Å². The third-order valence-corrected chi connectivity index (χ3v) is 3.83. The van der Waals surface area contributed by atoms with Gasteiger partial charge in [-0.2, -0.15) is 5.26 Å². The Bertz CT molecular complexity index is 953. The number of aldehydes is 1. The molecule has 22 heavy (non-hydrogen) atoms. The van der Waals surface area contributed by atoms with Crippen molar-refractivity contribution in [2.24, 2.45) is 0 Å². The average Bonchev–Trinajstić information content (AvgIpc) is 2.89. The number of nitriles is 1. The Hall–Kier alpha value is -3.13. The van der Waals surface area contributed by atoms with E-state index in [4.69, 9.17) is 0 Å². The number of rotatable bonds is 3. The Morgan fingerprint density at radius 2 is 2.14 bits per heavy atom. The molecule has 1 N–H and O–H groups in total. The van der Waals surface area contributed by atoms with Gasteiger partial charge in [0.1, 0.15) is 18.0 Å². The molecule has 0 fully saturated rings. The topological polar surface area (TPSA) is 78.7 Å². The number of nitrogens with one attached hydrogen (secondary N) is 1. The lowest BCUT2D eigenvalue weighted by Gasteiger charge is -2.08. The summed E-state index contributed by atoms with van der Waals surface area (Å²) in [7, 11) is 0. The lowest BCUT2D eigenvalue weighted by Crippen LogP contribution is -2.07. The van der Waals surface area contributed by atoms with Crippen molar-refractivity contribution in [2.45, 2.75) is 13.5 Å². The van der Waals surface area contributed by atoms with Crippen molar-refractivity contribution in [3.05, 3.63) is 69.3 Å². The first-order valence-electron chi connectivity index (χ1n) is 6.80. The fourth-order valence-electron chi connectivity index (χ4n) is 2.61. The molecule has 0 saturated heterocycles. The van der Waals surface area contributed by atoms with Crippen LogP contribution in [-0.4, -0.2) is 15.8 Å². The van der Waals surface area contributed by atoms with Gasteiger partial charge in [-0.15, -0.1) is 0 Å². The van der Waals surface area contributed by atoms with Gasteiger partial charge in [-0.05, 0) is 36.2 Å². The van der Waals surface area contributed by atoms with E-state index < -0.39 is 0 Å². The van der Waals surface area contributed by atoms with Gasteiger partial charge >= 0.3 is 0 Å². The molecule has 0 bridgehead atoms. The van der Waals surface area contributed by atoms with Gasteiger partial charge in [-0.1, -0.05) is 6.07 Å². The predicted octanol–water partition coefficient (Wildman–Crippen LogP) is 2.37. The predicted molar refractivity (Wildman–Crippen MR) is 82.9 cm³/mol. The molecule has 2 heterocycles. The molecule has 0 spiro atoms. The van der Waals surface area contributed by atoms with E-state index in [-0.39, 0.29) is 5.56 Å². The van der Waals surface area contributed by atoms with E-state index in [0.29, 0.717) is 17.8 Å². The number of carbonyl (C=O) groups is 1. The molecule has 5 heteroatoms. The Labute approximate surface area is 126 Å². The Kier molecular flexibility index (Phi) is 3.36. The van der Waals surface area contributed by atoms with E-state index in [1.165, 1.54) is 6.07 Å². The van der Waals surface area contributed by atoms with Crippen molar-refractivity contribution in [3.8, 4) is 6.07 Å². The normalized spacial score (nSPS) is 10.5. The van der Waals surface area contributed by atoms with Crippen molar-refractivity contribution < 1.29 is 4.79 Å². The van der Waals surface area contributed by atoms with Crippen LogP contribution in [0.2, 0.25) is 0 Å². The van der Waals surface area contributed by atoms with Crippen molar-refractivity contribution in [1.29, 1.82) is 5.26 Å². The molecule has 0 saturated carbocycles. The van der Waals surface area contributed by atoms with Gasteiger partial charge in [-0.3, -0.25) is 9.59 Å². The first-order chi connectivity index (χ1) is 10.6. The van der Waals surface area contributed by atoms with Crippen LogP contribution in [0.25, 0.3) is 10.9 Å². The first-order valence-corrected chi connectivity index (χ1v) is 6.80. The fourth-order valence-corrected chi connectivity index (χ4v) is 2.61. The van der Waals surface area contributed by atoms with E-state index in [2.05, 4.69) is 11.1 Å². The highest BCUT2D eigenvalue weighted by Gasteiger charge is 2.12. The number of fused-ring (bicyclic) bond motifs is 1. The highest BCUT2D eigenvalue weighted by atomic mass is 16.1. The third-order valence-electron chi connectivity index (χ3n) is 3.83. The Morgan fingerprint density at radius 1 is 1.32 bits per heavy atom. The van der Waals surface area contributed by atoms with Crippen molar-refractivity contribution in [3.63, 3.8) is 0 Å². The molecular weight excluding hydrogens is 278 g/mol. The lowest BCUT2D eigenvalue weighted by molar-refractivity contribution is 0.112. The molecule has 0 radical (unpaired) electrons. The van der Waals surface area contributed by atoms with Crippen LogP contribution in [0.3, 0.4) is 0 Å². The number of carbonyl (C=O) groups excluding carboxylic acids is 1. The van der Waals surface area contributed by atoms with Crippen molar-refractivity contribution >= 4 is 17.2 Å². The number of hydrogen-bond donors (Lipinski definition) is 1. The minimum absolute atomic E-state index is 0.159. The molecule has 5 nitrogen and oxygen atoms in total. The van der Waals surface area contributed by atoms with Crippen LogP contribution in [0, 0.1) is 18.3 Å². The second-order valence-electron chi connectivity index (χ2n) is 5.12. The molecule has 108 valence electrons. The molecule has 0 amide bonds. The molecule has 3 aromatic rings. The number of aromatic amines is 1. The molecule has 1 aromatic carbocycles. The number of aromatic nitrogens is 2. The van der Waals surface area contributed by atoms with Gasteiger partial charge in [0.15, 0.2) is 0 Å². The molecular formula is C17H13N3O2. The summed E-state index contributed by atoms with van der Waals surface area (Å²) in [5.74, 6) is 0. The van der Waals surface area contributed by atoms with E-state index in [1.807, 2.05) is 17.6 Å². The molecule has 2 aromatic heterocycles. The third kappa shape index (κ3) is 2.21. The van der Waals surface area contributed by atoms with E-state index >= 15 is 0 Å². The maximum atomic E-state index is 11.1. The van der Waals surface area contributed by atoms with Gasteiger partial charge in [0.2, 0.25) is 5.56 Å². The smallest absolute Gasteiger partial charge is 0.247 e. The fraction of sp³-hybridized carbons (Fsp3) is 0.118. The highest BCUT2D eigenvalue weighted by molar-refractivity contribution is 5.92. The summed E-state index contributed by atoms with van der Waals surface area (Å²) in [5, 5.41) is 10.3. The van der Waals surface area contributed by atoms with Gasteiger partial charge in [0, 0.05) is 28.7 Å². The van der Waals surface area contributed by atoms with Crippen LogP contribution in [0.15, 0.2) is 41.3 Å². The number of benzene rings is 1. The average molecular weight is 291 g/mol. The number of hydrogen-bond acceptors (Lipinski definition) is 3. The highest BCUT2D eigenvalue weighted by Crippen LogP contribution is 2.25. The quantitative estimate of drug-likeness (QED) is 0.752. The summed E-state index contributed by atoms with van der Waals surface area (Å²) in [4.78, 5) is 24.8. The zero-order valence-electron chi connectivity index (χ0n) is 12.0. The van der Waals surface area contributed by atoms with Gasteiger partial charge in [0.05, 0.1) is 6.54 Å². The van der Waals surface area contributed by atoms with Gasteiger partial charge < -0.3 is 9.55 Å². The summed E-state index contributed by atoms with van der Waals surface area (Å²) in [6.45, 7) is 2.35. The number of nitrogens with zero attached hydrogens (tertiary/aromatic N) is 2. The van der Waals surface area contributed by atoms with Crippen LogP contribution in [0.4, 0.5) is 0 Å². The summed E-state index contributed by atoms with van der Waals surface area (Å²) in [6, 6.07) is 10.8. The number of pyridine rings is 1. The summed E-state index contributed by atoms with van der Waals surface area (Å²) >= 11 is 0. The number of aryl methyl sites for hydroxylation is 1. The maximum absolute atomic E-state index is 11.1. The summed E-state index contributed by atoms with van der Waals surface area (Å²) in [5.41, 5.74) is 3.64. The molecule has 0 atom stereocenters. The minimum Gasteiger partial charge on any atom is -0.329 e. The van der Waals surface area contributed by atoms with Crippen LogP contribution in [-0.2, 0) is 6.54 Å². The van der Waals surface area contributed by atoms with Crippen LogP contribution in [0.1, 0.15) is 27.2 Å². The maximum Gasteiger partial charge on any atom is 0.247 e. The van der Waals surface area contributed by atoms with E-state index in [0.717, 1.165) is 28.3 Å². The molecule has 3 rings (SSSR count). The Balaban J connectivity index is 2.18. The molecule has 0 aliphatic heterocycles. The Morgan fingerprint density at radius 3 is 2.77 bits per heavy atom.